The number of rotatable bonds is 5. The zero-order valence-corrected chi connectivity index (χ0v) is 8.67. The fourth-order valence-electron chi connectivity index (χ4n) is 0.853. The topological polar surface area (TPSA) is 72.2 Å². The van der Waals surface area contributed by atoms with Crippen LogP contribution in [0.1, 0.15) is 12.2 Å². The van der Waals surface area contributed by atoms with Crippen LogP contribution in [0.2, 0.25) is 0 Å². The smallest absolute Gasteiger partial charge is 0.233 e. The summed E-state index contributed by atoms with van der Waals surface area (Å²) in [6.07, 6.45) is 3.31. The molecule has 5 nitrogen and oxygen atoms in total. The Morgan fingerprint density at radius 3 is 2.93 bits per heavy atom. The van der Waals surface area contributed by atoms with E-state index in [4.69, 9.17) is 4.52 Å². The van der Waals surface area contributed by atoms with E-state index in [0.717, 1.165) is 0 Å². The van der Waals surface area contributed by atoms with Gasteiger partial charge in [0.05, 0.1) is 11.9 Å². The van der Waals surface area contributed by atoms with Crippen LogP contribution in [0.3, 0.4) is 0 Å². The molecule has 0 saturated carbocycles. The Kier molecular flexibility index (Phi) is 3.29. The van der Waals surface area contributed by atoms with Gasteiger partial charge in [-0.3, -0.25) is 4.72 Å². The third-order valence-electron chi connectivity index (χ3n) is 1.61. The highest BCUT2D eigenvalue weighted by Crippen LogP contribution is 2.14. The van der Waals surface area contributed by atoms with Crippen molar-refractivity contribution in [3.63, 3.8) is 0 Å². The number of allylic oxidation sites excluding steroid dienone is 1. The fraction of sp³-hybridized carbons (Fsp3) is 0.375. The summed E-state index contributed by atoms with van der Waals surface area (Å²) in [5.41, 5.74) is 0.383. The normalized spacial score (nSPS) is 11.2. The van der Waals surface area contributed by atoms with Crippen molar-refractivity contribution in [3.8, 4) is 0 Å². The van der Waals surface area contributed by atoms with Crippen LogP contribution in [0.15, 0.2) is 23.4 Å². The van der Waals surface area contributed by atoms with Crippen LogP contribution < -0.4 is 4.72 Å². The Morgan fingerprint density at radius 1 is 1.71 bits per heavy atom. The lowest BCUT2D eigenvalue weighted by atomic mass is 10.4. The van der Waals surface area contributed by atoms with Gasteiger partial charge in [0.15, 0.2) is 5.76 Å². The Morgan fingerprint density at radius 2 is 2.43 bits per heavy atom. The van der Waals surface area contributed by atoms with Gasteiger partial charge in [0, 0.05) is 0 Å². The molecule has 0 fully saturated rings. The molecule has 1 aromatic rings. The highest BCUT2D eigenvalue weighted by Gasteiger charge is 2.12. The average molecular weight is 216 g/mol. The predicted octanol–water partition coefficient (Wildman–Crippen LogP) is 1.30. The first kappa shape index (κ1) is 10.8. The summed E-state index contributed by atoms with van der Waals surface area (Å²) in [6, 6.07) is 0. The second-order valence-corrected chi connectivity index (χ2v) is 4.64. The molecule has 1 rings (SSSR count). The Hall–Kier alpha value is -1.30. The van der Waals surface area contributed by atoms with Crippen molar-refractivity contribution in [2.24, 2.45) is 0 Å². The van der Waals surface area contributed by atoms with E-state index in [1.807, 2.05) is 0 Å². The summed E-state index contributed by atoms with van der Waals surface area (Å²) < 4.78 is 29.8. The summed E-state index contributed by atoms with van der Waals surface area (Å²) in [4.78, 5) is 0. The standard InChI is InChI=1S/C8H12N2O3S/c1-3-4-5-14(11,12)10-8-6-9-13-7(8)2/h3,6,10H,1,4-5H2,2H3. The molecule has 14 heavy (non-hydrogen) atoms. The van der Waals surface area contributed by atoms with Crippen molar-refractivity contribution in [2.75, 3.05) is 10.5 Å². The van der Waals surface area contributed by atoms with Crippen molar-refractivity contribution in [1.29, 1.82) is 0 Å². The highest BCUT2D eigenvalue weighted by atomic mass is 32.2. The molecule has 0 aliphatic heterocycles. The minimum Gasteiger partial charge on any atom is -0.359 e. The maximum Gasteiger partial charge on any atom is 0.233 e. The number of nitrogens with one attached hydrogen (secondary N) is 1. The van der Waals surface area contributed by atoms with Crippen LogP contribution in [0.4, 0.5) is 5.69 Å². The largest absolute Gasteiger partial charge is 0.359 e. The van der Waals surface area contributed by atoms with Crippen LogP contribution >= 0.6 is 0 Å². The molecule has 6 heteroatoms. The van der Waals surface area contributed by atoms with Gasteiger partial charge in [-0.1, -0.05) is 11.2 Å². The van der Waals surface area contributed by atoms with Crippen LogP contribution in [-0.4, -0.2) is 19.3 Å². The quantitative estimate of drug-likeness (QED) is 0.753. The number of aromatic nitrogens is 1. The lowest BCUT2D eigenvalue weighted by Crippen LogP contribution is -2.16. The van der Waals surface area contributed by atoms with Gasteiger partial charge in [0.25, 0.3) is 0 Å². The van der Waals surface area contributed by atoms with E-state index in [1.165, 1.54) is 6.20 Å². The molecule has 0 radical (unpaired) electrons. The molecule has 0 aliphatic carbocycles. The molecule has 0 aliphatic rings. The first-order chi connectivity index (χ1) is 6.55. The molecule has 0 bridgehead atoms. The van der Waals surface area contributed by atoms with E-state index in [9.17, 15) is 8.42 Å². The van der Waals surface area contributed by atoms with Gasteiger partial charge >= 0.3 is 0 Å². The molecule has 0 amide bonds. The molecule has 78 valence electrons. The number of hydrogen-bond donors (Lipinski definition) is 1. The monoisotopic (exact) mass is 216 g/mol. The van der Waals surface area contributed by atoms with E-state index in [1.54, 1.807) is 13.0 Å². The van der Waals surface area contributed by atoms with Crippen molar-refractivity contribution >= 4 is 15.7 Å². The minimum absolute atomic E-state index is 0.0150. The average Bonchev–Trinajstić information content (AvgIpc) is 2.48. The van der Waals surface area contributed by atoms with Crippen LogP contribution in [-0.2, 0) is 10.0 Å². The van der Waals surface area contributed by atoms with Gasteiger partial charge in [0.1, 0.15) is 5.69 Å². The highest BCUT2D eigenvalue weighted by molar-refractivity contribution is 7.92. The minimum atomic E-state index is -3.31. The SMILES string of the molecule is C=CCCS(=O)(=O)Nc1cnoc1C. The maximum atomic E-state index is 11.4. The Bertz CT molecular complexity index is 408. The molecule has 1 aromatic heterocycles. The van der Waals surface area contributed by atoms with Crippen LogP contribution in [0, 0.1) is 6.92 Å². The zero-order chi connectivity index (χ0) is 10.6. The third-order valence-corrected chi connectivity index (χ3v) is 2.91. The second-order valence-electron chi connectivity index (χ2n) is 2.79. The molecule has 0 spiro atoms. The fourth-order valence-corrected chi connectivity index (χ4v) is 1.96. The Labute approximate surface area is 82.8 Å². The van der Waals surface area contributed by atoms with E-state index >= 15 is 0 Å². The second kappa shape index (κ2) is 4.28. The Balaban J connectivity index is 2.69. The van der Waals surface area contributed by atoms with Gasteiger partial charge in [-0.2, -0.15) is 0 Å². The molecule has 1 N–H and O–H groups in total. The maximum absolute atomic E-state index is 11.4. The summed E-state index contributed by atoms with van der Waals surface area (Å²) in [5.74, 6) is 0.466. The number of sulfonamides is 1. The van der Waals surface area contributed by atoms with Crippen LogP contribution in [0.5, 0.6) is 0 Å². The van der Waals surface area contributed by atoms with Crippen molar-refractivity contribution in [1.82, 2.24) is 5.16 Å². The lowest BCUT2D eigenvalue weighted by molar-refractivity contribution is 0.398. The van der Waals surface area contributed by atoms with Crippen molar-refractivity contribution in [2.45, 2.75) is 13.3 Å². The third kappa shape index (κ3) is 2.88. The molecule has 0 unspecified atom stereocenters. The zero-order valence-electron chi connectivity index (χ0n) is 7.86. The van der Waals surface area contributed by atoms with Gasteiger partial charge in [0.2, 0.25) is 10.0 Å². The lowest BCUT2D eigenvalue weighted by Gasteiger charge is -2.03. The predicted molar refractivity (Wildman–Crippen MR) is 53.5 cm³/mol. The van der Waals surface area contributed by atoms with Gasteiger partial charge in [-0.05, 0) is 13.3 Å². The van der Waals surface area contributed by atoms with E-state index in [-0.39, 0.29) is 5.75 Å². The molecule has 0 aromatic carbocycles. The number of nitrogens with zero attached hydrogens (tertiary/aromatic N) is 1. The number of aryl methyl sites for hydroxylation is 1. The number of anilines is 1. The van der Waals surface area contributed by atoms with Gasteiger partial charge in [-0.15, -0.1) is 6.58 Å². The van der Waals surface area contributed by atoms with Crippen molar-refractivity contribution < 1.29 is 12.9 Å². The molecule has 1 heterocycles. The summed E-state index contributed by atoms with van der Waals surface area (Å²) >= 11 is 0. The molecular formula is C8H12N2O3S. The first-order valence-electron chi connectivity index (χ1n) is 4.08. The van der Waals surface area contributed by atoms with Gasteiger partial charge < -0.3 is 4.52 Å². The van der Waals surface area contributed by atoms with Crippen molar-refractivity contribution in [3.05, 3.63) is 24.6 Å². The summed E-state index contributed by atoms with van der Waals surface area (Å²) in [6.45, 7) is 5.09. The van der Waals surface area contributed by atoms with E-state index in [2.05, 4.69) is 16.5 Å². The van der Waals surface area contributed by atoms with E-state index < -0.39 is 10.0 Å². The van der Waals surface area contributed by atoms with E-state index in [0.29, 0.717) is 17.9 Å². The molecular weight excluding hydrogens is 204 g/mol. The number of hydrogen-bond acceptors (Lipinski definition) is 4. The molecule has 0 atom stereocenters. The first-order valence-corrected chi connectivity index (χ1v) is 5.73. The molecule has 0 saturated heterocycles. The summed E-state index contributed by atoms with van der Waals surface area (Å²) in [7, 11) is -3.31. The van der Waals surface area contributed by atoms with Crippen LogP contribution in [0.25, 0.3) is 0 Å². The summed E-state index contributed by atoms with van der Waals surface area (Å²) in [5, 5.41) is 3.46. The van der Waals surface area contributed by atoms with Gasteiger partial charge in [-0.25, -0.2) is 8.42 Å².